The van der Waals surface area contributed by atoms with Gasteiger partial charge in [-0.25, -0.2) is 9.97 Å². The van der Waals surface area contributed by atoms with Crippen LogP contribution in [0.4, 0.5) is 5.82 Å². The summed E-state index contributed by atoms with van der Waals surface area (Å²) in [5.74, 6) is 1.02. The molecule has 3 rings (SSSR count). The Hall–Kier alpha value is -1.95. The van der Waals surface area contributed by atoms with E-state index in [0.29, 0.717) is 13.1 Å². The van der Waals surface area contributed by atoms with E-state index in [1.54, 1.807) is 6.20 Å². The van der Waals surface area contributed by atoms with E-state index < -0.39 is 0 Å². The molecule has 2 atom stereocenters. The fourth-order valence-electron chi connectivity index (χ4n) is 3.01. The Morgan fingerprint density at radius 1 is 1.38 bits per heavy atom. The number of hydrogen-bond acceptors (Lipinski definition) is 5. The molecule has 6 nitrogen and oxygen atoms in total. The summed E-state index contributed by atoms with van der Waals surface area (Å²) in [5.41, 5.74) is 0. The SMILES string of the molecule is O=C(N[C@@H]1CN(c2ccncn2)C[C@H]1CO)C1CC=CC1. The van der Waals surface area contributed by atoms with Gasteiger partial charge in [-0.3, -0.25) is 4.79 Å². The maximum Gasteiger partial charge on any atom is 0.224 e. The highest BCUT2D eigenvalue weighted by atomic mass is 16.3. The van der Waals surface area contributed by atoms with Crippen molar-refractivity contribution in [2.24, 2.45) is 11.8 Å². The number of hydrogen-bond donors (Lipinski definition) is 2. The summed E-state index contributed by atoms with van der Waals surface area (Å²) in [6.45, 7) is 1.44. The molecule has 1 aromatic heterocycles. The minimum absolute atomic E-state index is 0.0296. The van der Waals surface area contributed by atoms with Crippen molar-refractivity contribution in [2.45, 2.75) is 18.9 Å². The molecule has 1 aromatic rings. The molecular weight excluding hydrogens is 268 g/mol. The minimum atomic E-state index is -0.0296. The lowest BCUT2D eigenvalue weighted by molar-refractivity contribution is -0.125. The van der Waals surface area contributed by atoms with Crippen LogP contribution in [-0.4, -0.2) is 46.7 Å². The van der Waals surface area contributed by atoms with Gasteiger partial charge in [0.2, 0.25) is 5.91 Å². The van der Waals surface area contributed by atoms with Gasteiger partial charge in [0.1, 0.15) is 12.1 Å². The average Bonchev–Trinajstić information content (AvgIpc) is 3.17. The first-order chi connectivity index (χ1) is 10.3. The lowest BCUT2D eigenvalue weighted by Crippen LogP contribution is -2.44. The van der Waals surface area contributed by atoms with Crippen molar-refractivity contribution in [3.05, 3.63) is 30.7 Å². The van der Waals surface area contributed by atoms with E-state index in [1.807, 2.05) is 6.07 Å². The molecule has 1 saturated heterocycles. The molecule has 6 heteroatoms. The Kier molecular flexibility index (Phi) is 4.15. The van der Waals surface area contributed by atoms with Crippen molar-refractivity contribution in [1.82, 2.24) is 15.3 Å². The van der Waals surface area contributed by atoms with E-state index in [1.165, 1.54) is 6.33 Å². The molecule has 1 fully saturated rings. The highest BCUT2D eigenvalue weighted by Crippen LogP contribution is 2.23. The van der Waals surface area contributed by atoms with Gasteiger partial charge in [0, 0.05) is 37.7 Å². The molecule has 1 aliphatic heterocycles. The fourth-order valence-corrected chi connectivity index (χ4v) is 3.01. The number of aromatic nitrogens is 2. The summed E-state index contributed by atoms with van der Waals surface area (Å²) in [6, 6.07) is 1.82. The predicted octanol–water partition coefficient (Wildman–Crippen LogP) is 0.356. The zero-order valence-corrected chi connectivity index (χ0v) is 11.9. The van der Waals surface area contributed by atoms with Crippen molar-refractivity contribution in [1.29, 1.82) is 0 Å². The van der Waals surface area contributed by atoms with Gasteiger partial charge in [-0.05, 0) is 18.9 Å². The number of nitrogens with one attached hydrogen (secondary N) is 1. The Labute approximate surface area is 123 Å². The fraction of sp³-hybridized carbons (Fsp3) is 0.533. The third-order valence-electron chi connectivity index (χ3n) is 4.27. The van der Waals surface area contributed by atoms with Crippen LogP contribution >= 0.6 is 0 Å². The molecule has 0 saturated carbocycles. The summed E-state index contributed by atoms with van der Waals surface area (Å²) in [7, 11) is 0. The number of aliphatic hydroxyl groups is 1. The lowest BCUT2D eigenvalue weighted by Gasteiger charge is -2.20. The molecule has 0 radical (unpaired) electrons. The number of rotatable bonds is 4. The largest absolute Gasteiger partial charge is 0.396 e. The van der Waals surface area contributed by atoms with Crippen molar-refractivity contribution in [3.63, 3.8) is 0 Å². The van der Waals surface area contributed by atoms with E-state index in [9.17, 15) is 9.90 Å². The summed E-state index contributed by atoms with van der Waals surface area (Å²) < 4.78 is 0. The first-order valence-corrected chi connectivity index (χ1v) is 7.35. The summed E-state index contributed by atoms with van der Waals surface area (Å²) >= 11 is 0. The van der Waals surface area contributed by atoms with E-state index in [0.717, 1.165) is 18.7 Å². The molecule has 2 heterocycles. The maximum atomic E-state index is 12.2. The Balaban J connectivity index is 1.63. The molecule has 0 bridgehead atoms. The van der Waals surface area contributed by atoms with Gasteiger partial charge in [0.25, 0.3) is 0 Å². The van der Waals surface area contributed by atoms with Crippen molar-refractivity contribution in [2.75, 3.05) is 24.6 Å². The van der Waals surface area contributed by atoms with Gasteiger partial charge in [0.15, 0.2) is 0 Å². The van der Waals surface area contributed by atoms with Crippen LogP contribution in [0.25, 0.3) is 0 Å². The zero-order chi connectivity index (χ0) is 14.7. The van der Waals surface area contributed by atoms with Crippen LogP contribution in [0.2, 0.25) is 0 Å². The van der Waals surface area contributed by atoms with Gasteiger partial charge < -0.3 is 15.3 Å². The molecule has 2 aliphatic rings. The zero-order valence-electron chi connectivity index (χ0n) is 11.9. The topological polar surface area (TPSA) is 78.4 Å². The number of aliphatic hydroxyl groups excluding tert-OH is 1. The number of carbonyl (C=O) groups is 1. The third kappa shape index (κ3) is 3.05. The van der Waals surface area contributed by atoms with Crippen LogP contribution in [0.15, 0.2) is 30.7 Å². The summed E-state index contributed by atoms with van der Waals surface area (Å²) in [4.78, 5) is 22.5. The number of carbonyl (C=O) groups excluding carboxylic acids is 1. The van der Waals surface area contributed by atoms with Crippen LogP contribution in [0, 0.1) is 11.8 Å². The second-order valence-corrected chi connectivity index (χ2v) is 5.67. The molecule has 1 amide bonds. The van der Waals surface area contributed by atoms with Gasteiger partial charge in [-0.15, -0.1) is 0 Å². The van der Waals surface area contributed by atoms with E-state index in [2.05, 4.69) is 32.3 Å². The van der Waals surface area contributed by atoms with Crippen LogP contribution in [-0.2, 0) is 4.79 Å². The van der Waals surface area contributed by atoms with Gasteiger partial charge >= 0.3 is 0 Å². The molecule has 0 unspecified atom stereocenters. The quantitative estimate of drug-likeness (QED) is 0.782. The molecular formula is C15H20N4O2. The minimum Gasteiger partial charge on any atom is -0.396 e. The Morgan fingerprint density at radius 2 is 2.19 bits per heavy atom. The van der Waals surface area contributed by atoms with Crippen molar-refractivity contribution < 1.29 is 9.90 Å². The monoisotopic (exact) mass is 288 g/mol. The Morgan fingerprint density at radius 3 is 2.86 bits per heavy atom. The molecule has 21 heavy (non-hydrogen) atoms. The van der Waals surface area contributed by atoms with Crippen LogP contribution in [0.1, 0.15) is 12.8 Å². The normalized spacial score (nSPS) is 25.5. The number of amides is 1. The predicted molar refractivity (Wildman–Crippen MR) is 78.6 cm³/mol. The highest BCUT2D eigenvalue weighted by Gasteiger charge is 2.35. The van der Waals surface area contributed by atoms with Crippen LogP contribution < -0.4 is 10.2 Å². The van der Waals surface area contributed by atoms with Gasteiger partial charge in [-0.1, -0.05) is 12.2 Å². The number of allylic oxidation sites excluding steroid dienone is 2. The van der Waals surface area contributed by atoms with E-state index in [-0.39, 0.29) is 30.4 Å². The highest BCUT2D eigenvalue weighted by molar-refractivity contribution is 5.80. The van der Waals surface area contributed by atoms with Crippen molar-refractivity contribution >= 4 is 11.7 Å². The first-order valence-electron chi connectivity index (χ1n) is 7.35. The van der Waals surface area contributed by atoms with Crippen LogP contribution in [0.3, 0.4) is 0 Å². The average molecular weight is 288 g/mol. The molecule has 0 aromatic carbocycles. The van der Waals surface area contributed by atoms with Crippen molar-refractivity contribution in [3.8, 4) is 0 Å². The first kappa shape index (κ1) is 14.0. The van der Waals surface area contributed by atoms with E-state index in [4.69, 9.17) is 0 Å². The standard InChI is InChI=1S/C15H20N4O2/c20-9-12-7-19(14-5-6-16-10-17-14)8-13(12)18-15(21)11-3-1-2-4-11/h1-2,5-6,10-13,20H,3-4,7-9H2,(H,18,21)/t12-,13+/m0/s1. The van der Waals surface area contributed by atoms with Crippen LogP contribution in [0.5, 0.6) is 0 Å². The summed E-state index contributed by atoms with van der Waals surface area (Å²) in [5, 5.41) is 12.7. The summed E-state index contributed by atoms with van der Waals surface area (Å²) in [6.07, 6.45) is 8.95. The second kappa shape index (κ2) is 6.22. The molecule has 2 N–H and O–H groups in total. The number of anilines is 1. The van der Waals surface area contributed by atoms with Gasteiger partial charge in [-0.2, -0.15) is 0 Å². The van der Waals surface area contributed by atoms with Gasteiger partial charge in [0.05, 0.1) is 6.04 Å². The molecule has 112 valence electrons. The number of nitrogens with zero attached hydrogens (tertiary/aromatic N) is 3. The Bertz CT molecular complexity index is 512. The smallest absolute Gasteiger partial charge is 0.224 e. The second-order valence-electron chi connectivity index (χ2n) is 5.67. The lowest BCUT2D eigenvalue weighted by atomic mass is 10.0. The van der Waals surface area contributed by atoms with E-state index >= 15 is 0 Å². The third-order valence-corrected chi connectivity index (χ3v) is 4.27. The molecule has 1 aliphatic carbocycles. The maximum absolute atomic E-state index is 12.2. The molecule has 0 spiro atoms.